The van der Waals surface area contributed by atoms with Crippen molar-refractivity contribution >= 4 is 15.8 Å². The predicted molar refractivity (Wildman–Crippen MR) is 99.7 cm³/mol. The number of aliphatic imine (C=N–C) groups is 1. The molecule has 0 bridgehead atoms. The van der Waals surface area contributed by atoms with E-state index in [1.165, 1.54) is 31.9 Å². The van der Waals surface area contributed by atoms with Crippen molar-refractivity contribution in [1.29, 1.82) is 0 Å². The second-order valence-electron chi connectivity index (χ2n) is 7.06. The molecular formula is C17H33N3O4S. The molecule has 146 valence electrons. The predicted octanol–water partition coefficient (Wildman–Crippen LogP) is 0.950. The van der Waals surface area contributed by atoms with Crippen molar-refractivity contribution < 1.29 is 17.9 Å². The number of ether oxygens (including phenoxy) is 2. The van der Waals surface area contributed by atoms with Gasteiger partial charge in [-0.1, -0.05) is 12.8 Å². The lowest BCUT2D eigenvalue weighted by atomic mass is 9.60. The highest BCUT2D eigenvalue weighted by Crippen LogP contribution is 2.54. The lowest BCUT2D eigenvalue weighted by Crippen LogP contribution is -2.65. The number of hydrogen-bond donors (Lipinski definition) is 2. The molecule has 2 N–H and O–H groups in total. The lowest BCUT2D eigenvalue weighted by Gasteiger charge is -2.54. The Balaban J connectivity index is 1.71. The maximum atomic E-state index is 11.0. The fourth-order valence-electron chi connectivity index (χ4n) is 4.00. The topological polar surface area (TPSA) is 89.0 Å². The van der Waals surface area contributed by atoms with E-state index in [4.69, 9.17) is 9.47 Å². The summed E-state index contributed by atoms with van der Waals surface area (Å²) in [5.74, 6) is 0.835. The molecule has 8 heteroatoms. The van der Waals surface area contributed by atoms with Gasteiger partial charge in [0.15, 0.2) is 5.96 Å². The minimum Gasteiger partial charge on any atom is -0.379 e. The number of hydrogen-bond acceptors (Lipinski definition) is 5. The quantitative estimate of drug-likeness (QED) is 0.354. The highest BCUT2D eigenvalue weighted by molar-refractivity contribution is 7.90. The summed E-state index contributed by atoms with van der Waals surface area (Å²) in [6.07, 6.45) is 7.62. The molecule has 1 spiro atoms. The standard InChI is InChI=1S/C17H33N3O4S/c1-4-24-15-13-14(17(15)7-5-6-8-17)20-16(18-2)19-9-10-23-11-12-25(3,21)22/h14-15H,4-13H2,1-3H3,(H2,18,19,20). The first kappa shape index (κ1) is 20.5. The highest BCUT2D eigenvalue weighted by atomic mass is 32.2. The Morgan fingerprint density at radius 3 is 2.60 bits per heavy atom. The average molecular weight is 376 g/mol. The molecule has 2 unspecified atom stereocenters. The van der Waals surface area contributed by atoms with E-state index in [0.717, 1.165) is 19.0 Å². The summed E-state index contributed by atoms with van der Waals surface area (Å²) in [5, 5.41) is 6.79. The van der Waals surface area contributed by atoms with Gasteiger partial charge in [0.05, 0.1) is 25.1 Å². The Morgan fingerprint density at radius 1 is 1.28 bits per heavy atom. The van der Waals surface area contributed by atoms with Crippen LogP contribution in [0.2, 0.25) is 0 Å². The van der Waals surface area contributed by atoms with Gasteiger partial charge in [0.1, 0.15) is 9.84 Å². The summed E-state index contributed by atoms with van der Waals surface area (Å²) >= 11 is 0. The van der Waals surface area contributed by atoms with Crippen molar-refractivity contribution in [2.45, 2.75) is 51.2 Å². The van der Waals surface area contributed by atoms with Gasteiger partial charge in [-0.2, -0.15) is 0 Å². The zero-order chi connectivity index (χ0) is 18.3. The zero-order valence-electron chi connectivity index (χ0n) is 15.7. The zero-order valence-corrected chi connectivity index (χ0v) is 16.5. The van der Waals surface area contributed by atoms with Gasteiger partial charge < -0.3 is 20.1 Å². The molecule has 2 rings (SSSR count). The van der Waals surface area contributed by atoms with Crippen LogP contribution in [-0.4, -0.2) is 71.9 Å². The second kappa shape index (κ2) is 9.19. The van der Waals surface area contributed by atoms with Crippen LogP contribution in [0, 0.1) is 5.41 Å². The normalized spacial score (nSPS) is 25.8. The fourth-order valence-corrected chi connectivity index (χ4v) is 4.42. The number of nitrogens with zero attached hydrogens (tertiary/aromatic N) is 1. The van der Waals surface area contributed by atoms with Crippen LogP contribution in [0.1, 0.15) is 39.0 Å². The summed E-state index contributed by atoms with van der Waals surface area (Å²) in [6, 6.07) is 0.406. The van der Waals surface area contributed by atoms with Gasteiger partial charge in [0.2, 0.25) is 0 Å². The molecular weight excluding hydrogens is 342 g/mol. The van der Waals surface area contributed by atoms with Crippen molar-refractivity contribution in [3.8, 4) is 0 Å². The fraction of sp³-hybridized carbons (Fsp3) is 0.941. The Morgan fingerprint density at radius 2 is 2.00 bits per heavy atom. The van der Waals surface area contributed by atoms with Crippen molar-refractivity contribution in [3.05, 3.63) is 0 Å². The SMILES string of the molecule is CCOC1CC(NC(=NC)NCCOCCS(C)(=O)=O)C12CCCC2. The molecule has 0 amide bonds. The van der Waals surface area contributed by atoms with E-state index in [-0.39, 0.29) is 17.8 Å². The Kier molecular flexibility index (Phi) is 7.51. The molecule has 0 radical (unpaired) electrons. The molecule has 0 aromatic carbocycles. The smallest absolute Gasteiger partial charge is 0.191 e. The van der Waals surface area contributed by atoms with E-state index in [9.17, 15) is 8.42 Å². The first-order chi connectivity index (χ1) is 11.9. The molecule has 0 saturated heterocycles. The molecule has 25 heavy (non-hydrogen) atoms. The summed E-state index contributed by atoms with van der Waals surface area (Å²) in [5.41, 5.74) is 0.264. The number of sulfone groups is 1. The summed E-state index contributed by atoms with van der Waals surface area (Å²) in [4.78, 5) is 4.29. The summed E-state index contributed by atoms with van der Waals surface area (Å²) < 4.78 is 33.4. The Labute approximate surface area is 151 Å². The molecule has 2 atom stereocenters. The third kappa shape index (κ3) is 5.56. The van der Waals surface area contributed by atoms with E-state index >= 15 is 0 Å². The minimum atomic E-state index is -2.96. The minimum absolute atomic E-state index is 0.0589. The van der Waals surface area contributed by atoms with Gasteiger partial charge in [0.25, 0.3) is 0 Å². The van der Waals surface area contributed by atoms with Crippen molar-refractivity contribution in [1.82, 2.24) is 10.6 Å². The molecule has 2 fully saturated rings. The molecule has 2 aliphatic rings. The van der Waals surface area contributed by atoms with Crippen molar-refractivity contribution in [3.63, 3.8) is 0 Å². The maximum absolute atomic E-state index is 11.0. The van der Waals surface area contributed by atoms with Gasteiger partial charge >= 0.3 is 0 Å². The first-order valence-corrected chi connectivity index (χ1v) is 11.3. The Hall–Kier alpha value is -0.860. The number of rotatable bonds is 9. The van der Waals surface area contributed by atoms with Crippen molar-refractivity contribution in [2.24, 2.45) is 10.4 Å². The molecule has 2 saturated carbocycles. The van der Waals surface area contributed by atoms with Gasteiger partial charge in [-0.05, 0) is 26.2 Å². The van der Waals surface area contributed by atoms with Crippen LogP contribution in [0.5, 0.6) is 0 Å². The molecule has 2 aliphatic carbocycles. The van der Waals surface area contributed by atoms with E-state index in [1.807, 2.05) is 0 Å². The van der Waals surface area contributed by atoms with Crippen LogP contribution < -0.4 is 10.6 Å². The molecule has 0 heterocycles. The maximum Gasteiger partial charge on any atom is 0.191 e. The van der Waals surface area contributed by atoms with Crippen LogP contribution in [-0.2, 0) is 19.3 Å². The highest BCUT2D eigenvalue weighted by Gasteiger charge is 2.56. The molecule has 0 aliphatic heterocycles. The Bertz CT molecular complexity index is 544. The van der Waals surface area contributed by atoms with Crippen molar-refractivity contribution in [2.75, 3.05) is 45.4 Å². The van der Waals surface area contributed by atoms with Crippen LogP contribution in [0.15, 0.2) is 4.99 Å². The van der Waals surface area contributed by atoms with Crippen LogP contribution in [0.25, 0.3) is 0 Å². The third-order valence-corrected chi connectivity index (χ3v) is 6.27. The molecule has 0 aromatic heterocycles. The largest absolute Gasteiger partial charge is 0.379 e. The number of nitrogens with one attached hydrogen (secondary N) is 2. The van der Waals surface area contributed by atoms with Gasteiger partial charge in [-0.25, -0.2) is 8.42 Å². The monoisotopic (exact) mass is 375 g/mol. The van der Waals surface area contributed by atoms with E-state index in [2.05, 4.69) is 22.5 Å². The second-order valence-corrected chi connectivity index (χ2v) is 9.32. The molecule has 0 aromatic rings. The first-order valence-electron chi connectivity index (χ1n) is 9.25. The summed E-state index contributed by atoms with van der Waals surface area (Å²) in [6.45, 7) is 4.12. The number of guanidine groups is 1. The van der Waals surface area contributed by atoms with Crippen LogP contribution >= 0.6 is 0 Å². The van der Waals surface area contributed by atoms with Crippen LogP contribution in [0.3, 0.4) is 0 Å². The molecule has 7 nitrogen and oxygen atoms in total. The average Bonchev–Trinajstić information content (AvgIpc) is 3.07. The van der Waals surface area contributed by atoms with E-state index < -0.39 is 9.84 Å². The van der Waals surface area contributed by atoms with E-state index in [1.54, 1.807) is 7.05 Å². The van der Waals surface area contributed by atoms with Gasteiger partial charge in [0, 0.05) is 37.9 Å². The van der Waals surface area contributed by atoms with E-state index in [0.29, 0.717) is 25.3 Å². The van der Waals surface area contributed by atoms with Gasteiger partial charge in [-0.3, -0.25) is 4.99 Å². The van der Waals surface area contributed by atoms with Crippen LogP contribution in [0.4, 0.5) is 0 Å². The third-order valence-electron chi connectivity index (χ3n) is 5.36. The lowest BCUT2D eigenvalue weighted by molar-refractivity contribution is -0.125. The van der Waals surface area contributed by atoms with Gasteiger partial charge in [-0.15, -0.1) is 0 Å². The summed E-state index contributed by atoms with van der Waals surface area (Å²) in [7, 11) is -1.20.